The lowest BCUT2D eigenvalue weighted by Gasteiger charge is -2.37. The maximum atomic E-state index is 13.5. The van der Waals surface area contributed by atoms with Crippen LogP contribution >= 0.6 is 58.2 Å². The normalized spacial score (nSPS) is 13.8. The van der Waals surface area contributed by atoms with Crippen LogP contribution in [0.4, 0.5) is 0 Å². The number of thioether (sulfide) groups is 1. The van der Waals surface area contributed by atoms with E-state index in [9.17, 15) is 19.5 Å². The number of carboxylic acid groups (broad SMARTS) is 1. The van der Waals surface area contributed by atoms with Crippen molar-refractivity contribution in [2.45, 2.75) is 10.8 Å². The first kappa shape index (κ1) is 28.5. The molecule has 5 rings (SSSR count). The number of nitrogens with zero attached hydrogens (tertiary/aromatic N) is 1. The molecular weight excluding hydrogens is 612 g/mol. The Morgan fingerprint density at radius 1 is 0.675 bits per heavy atom. The third kappa shape index (κ3) is 4.68. The average Bonchev–Trinajstić information content (AvgIpc) is 3.24. The Kier molecular flexibility index (Phi) is 8.18. The summed E-state index contributed by atoms with van der Waals surface area (Å²) in [6.45, 7) is 0. The molecule has 0 unspecified atom stereocenters. The van der Waals surface area contributed by atoms with Crippen LogP contribution in [-0.4, -0.2) is 39.6 Å². The van der Waals surface area contributed by atoms with E-state index >= 15 is 0 Å². The van der Waals surface area contributed by atoms with Gasteiger partial charge in [-0.05, 0) is 16.7 Å². The van der Waals surface area contributed by atoms with Gasteiger partial charge in [0.05, 0.1) is 36.0 Å². The third-order valence-corrected chi connectivity index (χ3v) is 10.2. The summed E-state index contributed by atoms with van der Waals surface area (Å²) in [5, 5.41) is 9.44. The van der Waals surface area contributed by atoms with Crippen molar-refractivity contribution in [1.82, 2.24) is 4.90 Å². The van der Waals surface area contributed by atoms with E-state index in [1.165, 1.54) is 11.8 Å². The van der Waals surface area contributed by atoms with E-state index in [1.807, 2.05) is 91.0 Å². The number of hydrogen-bond donors (Lipinski definition) is 1. The molecule has 0 saturated heterocycles. The van der Waals surface area contributed by atoms with Crippen LogP contribution < -0.4 is 0 Å². The zero-order valence-electron chi connectivity index (χ0n) is 20.5. The Balaban J connectivity index is 1.62. The number of rotatable bonds is 8. The molecule has 0 aromatic heterocycles. The minimum Gasteiger partial charge on any atom is -0.480 e. The van der Waals surface area contributed by atoms with Crippen molar-refractivity contribution in [3.05, 3.63) is 139 Å². The number of fused-ring (bicyclic) bond motifs is 1. The van der Waals surface area contributed by atoms with Crippen molar-refractivity contribution in [2.75, 3.05) is 5.75 Å². The molecule has 4 aromatic carbocycles. The summed E-state index contributed by atoms with van der Waals surface area (Å²) < 4.78 is -0.877. The van der Waals surface area contributed by atoms with Gasteiger partial charge in [0.25, 0.3) is 11.8 Å². The third-order valence-electron chi connectivity index (χ3n) is 6.73. The lowest BCUT2D eigenvalue weighted by Crippen LogP contribution is -2.47. The highest BCUT2D eigenvalue weighted by Gasteiger charge is 2.48. The van der Waals surface area contributed by atoms with Crippen molar-refractivity contribution in [3.63, 3.8) is 0 Å². The Morgan fingerprint density at radius 2 is 1.02 bits per heavy atom. The van der Waals surface area contributed by atoms with Gasteiger partial charge in [0.1, 0.15) is 6.04 Å². The standard InChI is InChI=1S/C30H19Cl4NO4S/c31-23-21-22(24(32)26(34)25(23)33)28(37)35(27(21)36)20(29(38)39)16-40-30(17-10-4-1-5-11-17,18-12-6-2-7-13-18)19-14-8-3-9-15-19/h1-15,20H,16H2,(H,38,39)/t20-/m0/s1. The van der Waals surface area contributed by atoms with Gasteiger partial charge in [0.2, 0.25) is 0 Å². The van der Waals surface area contributed by atoms with Crippen LogP contribution in [-0.2, 0) is 9.54 Å². The zero-order chi connectivity index (χ0) is 28.6. The second-order valence-electron chi connectivity index (χ2n) is 8.93. The molecule has 1 aliphatic heterocycles. The topological polar surface area (TPSA) is 74.7 Å². The van der Waals surface area contributed by atoms with Crippen LogP contribution in [0.2, 0.25) is 20.1 Å². The second-order valence-corrected chi connectivity index (χ2v) is 11.7. The molecule has 1 aliphatic rings. The molecule has 5 nitrogen and oxygen atoms in total. The van der Waals surface area contributed by atoms with Crippen LogP contribution in [0.1, 0.15) is 37.4 Å². The second kappa shape index (κ2) is 11.5. The average molecular weight is 631 g/mol. The summed E-state index contributed by atoms with van der Waals surface area (Å²) >= 11 is 26.2. The molecule has 202 valence electrons. The number of imide groups is 1. The van der Waals surface area contributed by atoms with Gasteiger partial charge in [-0.3, -0.25) is 14.5 Å². The molecule has 0 aliphatic carbocycles. The van der Waals surface area contributed by atoms with Gasteiger partial charge in [-0.25, -0.2) is 4.79 Å². The Labute approximate surface area is 254 Å². The number of carbonyl (C=O) groups excluding carboxylic acids is 2. The fraction of sp³-hybridized carbons (Fsp3) is 0.100. The van der Waals surface area contributed by atoms with E-state index in [1.54, 1.807) is 0 Å². The largest absolute Gasteiger partial charge is 0.480 e. The van der Waals surface area contributed by atoms with Crippen LogP contribution in [0.25, 0.3) is 0 Å². The summed E-state index contributed by atoms with van der Waals surface area (Å²) in [6, 6.07) is 27.4. The number of carbonyl (C=O) groups is 3. The Bertz CT molecular complexity index is 1470. The molecule has 40 heavy (non-hydrogen) atoms. The van der Waals surface area contributed by atoms with E-state index in [0.717, 1.165) is 16.7 Å². The first-order valence-electron chi connectivity index (χ1n) is 12.0. The zero-order valence-corrected chi connectivity index (χ0v) is 24.3. The smallest absolute Gasteiger partial charge is 0.327 e. The first-order valence-corrected chi connectivity index (χ1v) is 14.5. The lowest BCUT2D eigenvalue weighted by atomic mass is 9.84. The molecule has 1 heterocycles. The number of hydrogen-bond acceptors (Lipinski definition) is 4. The summed E-state index contributed by atoms with van der Waals surface area (Å²) in [5.74, 6) is -3.32. The Morgan fingerprint density at radius 3 is 1.35 bits per heavy atom. The first-order chi connectivity index (χ1) is 19.2. The molecule has 0 bridgehead atoms. The van der Waals surface area contributed by atoms with Gasteiger partial charge in [-0.15, -0.1) is 11.8 Å². The van der Waals surface area contributed by atoms with E-state index in [-0.39, 0.29) is 37.0 Å². The monoisotopic (exact) mass is 629 g/mol. The van der Waals surface area contributed by atoms with Crippen LogP contribution in [0.3, 0.4) is 0 Å². The molecule has 0 fully saturated rings. The van der Waals surface area contributed by atoms with E-state index < -0.39 is 28.6 Å². The lowest BCUT2D eigenvalue weighted by molar-refractivity contribution is -0.140. The summed E-state index contributed by atoms with van der Waals surface area (Å²) in [5.41, 5.74) is 2.17. The van der Waals surface area contributed by atoms with E-state index in [0.29, 0.717) is 4.90 Å². The molecule has 2 amide bonds. The highest BCUT2D eigenvalue weighted by atomic mass is 35.5. The van der Waals surface area contributed by atoms with Crippen LogP contribution in [0.5, 0.6) is 0 Å². The fourth-order valence-corrected chi connectivity index (χ4v) is 7.50. The van der Waals surface area contributed by atoms with Crippen LogP contribution in [0.15, 0.2) is 91.0 Å². The van der Waals surface area contributed by atoms with Gasteiger partial charge in [0.15, 0.2) is 0 Å². The van der Waals surface area contributed by atoms with Crippen molar-refractivity contribution >= 4 is 75.9 Å². The van der Waals surface area contributed by atoms with Gasteiger partial charge < -0.3 is 5.11 Å². The van der Waals surface area contributed by atoms with Crippen molar-refractivity contribution in [1.29, 1.82) is 0 Å². The molecule has 10 heteroatoms. The molecular formula is C30H19Cl4NO4S. The van der Waals surface area contributed by atoms with Crippen molar-refractivity contribution in [3.8, 4) is 0 Å². The van der Waals surface area contributed by atoms with Crippen LogP contribution in [0, 0.1) is 0 Å². The number of carboxylic acids is 1. The predicted molar refractivity (Wildman–Crippen MR) is 160 cm³/mol. The predicted octanol–water partition coefficient (Wildman–Crippen LogP) is 8.07. The fourth-order valence-electron chi connectivity index (χ4n) is 4.88. The van der Waals surface area contributed by atoms with Gasteiger partial charge in [-0.2, -0.15) is 0 Å². The van der Waals surface area contributed by atoms with Crippen molar-refractivity contribution < 1.29 is 19.5 Å². The van der Waals surface area contributed by atoms with Gasteiger partial charge in [-0.1, -0.05) is 137 Å². The molecule has 1 atom stereocenters. The highest BCUT2D eigenvalue weighted by molar-refractivity contribution is 8.00. The molecule has 0 radical (unpaired) electrons. The van der Waals surface area contributed by atoms with Gasteiger partial charge in [0, 0.05) is 5.75 Å². The van der Waals surface area contributed by atoms with Gasteiger partial charge >= 0.3 is 5.97 Å². The summed E-state index contributed by atoms with van der Waals surface area (Å²) in [6.07, 6.45) is 0. The van der Waals surface area contributed by atoms with E-state index in [4.69, 9.17) is 46.4 Å². The SMILES string of the molecule is O=C(O)[C@H](CSC(c1ccccc1)(c1ccccc1)c1ccccc1)N1C(=O)c2c(Cl)c(Cl)c(Cl)c(Cl)c2C1=O. The molecule has 4 aromatic rings. The minimum atomic E-state index is -1.56. The van der Waals surface area contributed by atoms with E-state index in [2.05, 4.69) is 0 Å². The molecule has 0 spiro atoms. The molecule has 1 N–H and O–H groups in total. The van der Waals surface area contributed by atoms with Crippen molar-refractivity contribution in [2.24, 2.45) is 0 Å². The summed E-state index contributed by atoms with van der Waals surface area (Å²) in [7, 11) is 0. The number of halogens is 4. The summed E-state index contributed by atoms with van der Waals surface area (Å²) in [4.78, 5) is 40.4. The quantitative estimate of drug-likeness (QED) is 0.0922. The number of aliphatic carboxylic acids is 1. The number of amides is 2. The minimum absolute atomic E-state index is 0.157. The number of benzene rings is 4. The maximum Gasteiger partial charge on any atom is 0.327 e. The molecule has 0 saturated carbocycles. The highest BCUT2D eigenvalue weighted by Crippen LogP contribution is 2.50. The Hall–Kier alpha value is -3.00. The maximum absolute atomic E-state index is 13.5.